The van der Waals surface area contributed by atoms with E-state index in [-0.39, 0.29) is 23.1 Å². The first-order valence-electron chi connectivity index (χ1n) is 8.91. The molecule has 0 unspecified atom stereocenters. The molecule has 9 heteroatoms. The molecule has 0 heterocycles. The van der Waals surface area contributed by atoms with Crippen LogP contribution in [0.15, 0.2) is 42.5 Å². The highest BCUT2D eigenvalue weighted by molar-refractivity contribution is 5.97. The topological polar surface area (TPSA) is 117 Å². The second kappa shape index (κ2) is 8.59. The predicted molar refractivity (Wildman–Crippen MR) is 102 cm³/mol. The Morgan fingerprint density at radius 3 is 2.28 bits per heavy atom. The number of nitro benzene ring substituents is 1. The zero-order chi connectivity index (χ0) is 21.0. The molecule has 1 atom stereocenters. The third-order valence-corrected chi connectivity index (χ3v) is 4.41. The Morgan fingerprint density at radius 2 is 1.72 bits per heavy atom. The van der Waals surface area contributed by atoms with Crippen LogP contribution in [-0.4, -0.2) is 37.1 Å². The average molecular weight is 400 g/mol. The van der Waals surface area contributed by atoms with Gasteiger partial charge < -0.3 is 19.5 Å². The Balaban J connectivity index is 1.94. The van der Waals surface area contributed by atoms with Crippen LogP contribution in [0.25, 0.3) is 0 Å². The Labute approximate surface area is 166 Å². The highest BCUT2D eigenvalue weighted by Crippen LogP contribution is 2.35. The number of rotatable bonds is 8. The van der Waals surface area contributed by atoms with E-state index in [0.29, 0.717) is 5.56 Å². The molecular weight excluding hydrogens is 380 g/mol. The number of benzene rings is 2. The van der Waals surface area contributed by atoms with Crippen molar-refractivity contribution in [1.29, 1.82) is 0 Å². The van der Waals surface area contributed by atoms with Crippen LogP contribution >= 0.6 is 0 Å². The van der Waals surface area contributed by atoms with Gasteiger partial charge in [0.05, 0.1) is 25.2 Å². The normalized spacial score (nSPS) is 13.9. The minimum atomic E-state index is -1.24. The number of nitrogens with one attached hydrogen (secondary N) is 1. The van der Waals surface area contributed by atoms with E-state index in [9.17, 15) is 19.7 Å². The summed E-state index contributed by atoms with van der Waals surface area (Å²) in [4.78, 5) is 36.2. The molecule has 0 aromatic heterocycles. The molecule has 3 rings (SSSR count). The molecule has 1 fully saturated rings. The molecule has 152 valence electrons. The van der Waals surface area contributed by atoms with Gasteiger partial charge in [-0.05, 0) is 12.8 Å². The molecule has 0 saturated heterocycles. The van der Waals surface area contributed by atoms with Crippen LogP contribution in [0.3, 0.4) is 0 Å². The van der Waals surface area contributed by atoms with Crippen molar-refractivity contribution in [3.63, 3.8) is 0 Å². The number of esters is 1. The van der Waals surface area contributed by atoms with E-state index in [2.05, 4.69) is 5.32 Å². The second-order valence-corrected chi connectivity index (χ2v) is 6.46. The van der Waals surface area contributed by atoms with Crippen LogP contribution in [0, 0.1) is 10.1 Å². The zero-order valence-corrected chi connectivity index (χ0v) is 15.9. The number of nitro groups is 1. The lowest BCUT2D eigenvalue weighted by Gasteiger charge is -2.18. The molecule has 1 amide bonds. The number of hydrogen-bond donors (Lipinski definition) is 1. The summed E-state index contributed by atoms with van der Waals surface area (Å²) in [5.74, 6) is -1.27. The van der Waals surface area contributed by atoms with Gasteiger partial charge in [-0.1, -0.05) is 30.3 Å². The highest BCUT2D eigenvalue weighted by atomic mass is 16.6. The van der Waals surface area contributed by atoms with Gasteiger partial charge in [-0.3, -0.25) is 14.9 Å². The third kappa shape index (κ3) is 4.63. The Bertz CT molecular complexity index is 926. The van der Waals surface area contributed by atoms with Gasteiger partial charge in [0.1, 0.15) is 5.56 Å². The molecule has 0 spiro atoms. The minimum absolute atomic E-state index is 0.0582. The number of methoxy groups -OCH3 is 2. The first kappa shape index (κ1) is 20.1. The van der Waals surface area contributed by atoms with Gasteiger partial charge in [-0.15, -0.1) is 0 Å². The summed E-state index contributed by atoms with van der Waals surface area (Å²) in [5.41, 5.74) is -0.392. The predicted octanol–water partition coefficient (Wildman–Crippen LogP) is 2.79. The van der Waals surface area contributed by atoms with Crippen LogP contribution < -0.4 is 14.8 Å². The number of nitrogens with zero attached hydrogens (tertiary/aromatic N) is 1. The van der Waals surface area contributed by atoms with Crippen molar-refractivity contribution in [2.24, 2.45) is 0 Å². The van der Waals surface area contributed by atoms with Crippen LogP contribution in [0.2, 0.25) is 0 Å². The molecule has 0 aliphatic heterocycles. The van der Waals surface area contributed by atoms with Crippen molar-refractivity contribution in [3.05, 3.63) is 63.7 Å². The second-order valence-electron chi connectivity index (χ2n) is 6.46. The SMILES string of the molecule is COc1cc(C(=O)O[C@@H](C(=O)NC2CC2)c2ccccc2)c([N+](=O)[O-])cc1OC. The van der Waals surface area contributed by atoms with Gasteiger partial charge in [0.2, 0.25) is 6.10 Å². The van der Waals surface area contributed by atoms with Gasteiger partial charge in [-0.2, -0.15) is 0 Å². The number of ether oxygens (including phenoxy) is 3. The van der Waals surface area contributed by atoms with E-state index < -0.39 is 28.6 Å². The molecule has 2 aromatic carbocycles. The maximum atomic E-state index is 12.8. The van der Waals surface area contributed by atoms with Crippen LogP contribution in [0.1, 0.15) is 34.9 Å². The average Bonchev–Trinajstić information content (AvgIpc) is 3.55. The third-order valence-electron chi connectivity index (χ3n) is 4.41. The lowest BCUT2D eigenvalue weighted by molar-refractivity contribution is -0.385. The molecule has 29 heavy (non-hydrogen) atoms. The van der Waals surface area contributed by atoms with Gasteiger partial charge in [0, 0.05) is 17.7 Å². The van der Waals surface area contributed by atoms with E-state index >= 15 is 0 Å². The standard InChI is InChI=1S/C20H20N2O7/c1-27-16-10-14(15(22(25)26)11-17(16)28-2)20(24)29-18(12-6-4-3-5-7-12)19(23)21-13-8-9-13/h3-7,10-11,13,18H,8-9H2,1-2H3,(H,21,23)/t18-/m1/s1. The summed E-state index contributed by atoms with van der Waals surface area (Å²) in [6, 6.07) is 10.8. The number of hydrogen-bond acceptors (Lipinski definition) is 7. The Hall–Kier alpha value is -3.62. The van der Waals surface area contributed by atoms with Crippen molar-refractivity contribution >= 4 is 17.6 Å². The van der Waals surface area contributed by atoms with E-state index in [4.69, 9.17) is 14.2 Å². The van der Waals surface area contributed by atoms with Crippen LogP contribution in [0.4, 0.5) is 5.69 Å². The lowest BCUT2D eigenvalue weighted by Crippen LogP contribution is -2.33. The molecule has 9 nitrogen and oxygen atoms in total. The fraction of sp³-hybridized carbons (Fsp3) is 0.300. The van der Waals surface area contributed by atoms with Gasteiger partial charge >= 0.3 is 5.97 Å². The van der Waals surface area contributed by atoms with Crippen molar-refractivity contribution in [2.45, 2.75) is 25.0 Å². The zero-order valence-electron chi connectivity index (χ0n) is 15.9. The Kier molecular flexibility index (Phi) is 5.96. The maximum Gasteiger partial charge on any atom is 0.346 e. The molecule has 1 saturated carbocycles. The van der Waals surface area contributed by atoms with Crippen LogP contribution in [0.5, 0.6) is 11.5 Å². The fourth-order valence-electron chi connectivity index (χ4n) is 2.76. The smallest absolute Gasteiger partial charge is 0.346 e. The Morgan fingerprint density at radius 1 is 1.10 bits per heavy atom. The molecule has 1 aliphatic carbocycles. The van der Waals surface area contributed by atoms with Crippen LogP contribution in [-0.2, 0) is 9.53 Å². The molecule has 1 aliphatic rings. The number of amides is 1. The monoisotopic (exact) mass is 400 g/mol. The van der Waals surface area contributed by atoms with Gasteiger partial charge in [0.25, 0.3) is 11.6 Å². The molecular formula is C20H20N2O7. The van der Waals surface area contributed by atoms with Crippen molar-refractivity contribution < 1.29 is 28.7 Å². The lowest BCUT2D eigenvalue weighted by atomic mass is 10.1. The van der Waals surface area contributed by atoms with E-state index in [1.807, 2.05) is 0 Å². The van der Waals surface area contributed by atoms with Crippen molar-refractivity contribution in [2.75, 3.05) is 14.2 Å². The summed E-state index contributed by atoms with van der Waals surface area (Å²) in [6.07, 6.45) is 0.488. The fourth-order valence-corrected chi connectivity index (χ4v) is 2.76. The van der Waals surface area contributed by atoms with Crippen molar-refractivity contribution in [1.82, 2.24) is 5.32 Å². The quantitative estimate of drug-likeness (QED) is 0.411. The first-order chi connectivity index (χ1) is 13.9. The van der Waals surface area contributed by atoms with E-state index in [1.54, 1.807) is 30.3 Å². The summed E-state index contributed by atoms with van der Waals surface area (Å²) in [6.45, 7) is 0. The number of carbonyl (C=O) groups is 2. The van der Waals surface area contributed by atoms with E-state index in [1.165, 1.54) is 20.3 Å². The maximum absolute atomic E-state index is 12.8. The van der Waals surface area contributed by atoms with E-state index in [0.717, 1.165) is 18.9 Å². The largest absolute Gasteiger partial charge is 0.493 e. The molecule has 0 bridgehead atoms. The summed E-state index contributed by atoms with van der Waals surface area (Å²) in [7, 11) is 2.67. The summed E-state index contributed by atoms with van der Waals surface area (Å²) >= 11 is 0. The van der Waals surface area contributed by atoms with Crippen molar-refractivity contribution in [3.8, 4) is 11.5 Å². The molecule has 0 radical (unpaired) electrons. The first-order valence-corrected chi connectivity index (χ1v) is 8.91. The minimum Gasteiger partial charge on any atom is -0.493 e. The summed E-state index contributed by atoms with van der Waals surface area (Å²) in [5, 5.41) is 14.3. The molecule has 1 N–H and O–H groups in total. The number of carbonyl (C=O) groups excluding carboxylic acids is 2. The highest BCUT2D eigenvalue weighted by Gasteiger charge is 2.33. The summed E-state index contributed by atoms with van der Waals surface area (Å²) < 4.78 is 15.6. The molecule has 2 aromatic rings. The van der Waals surface area contributed by atoms with Gasteiger partial charge in [0.15, 0.2) is 11.5 Å². The van der Waals surface area contributed by atoms with Gasteiger partial charge in [-0.25, -0.2) is 4.79 Å².